The number of anilines is 1. The van der Waals surface area contributed by atoms with Crippen molar-refractivity contribution in [1.82, 2.24) is 20.8 Å². The predicted molar refractivity (Wildman–Crippen MR) is 73.0 cm³/mol. The molecule has 1 aromatic heterocycles. The molecule has 0 saturated heterocycles. The van der Waals surface area contributed by atoms with E-state index in [1.807, 2.05) is 0 Å². The lowest BCUT2D eigenvalue weighted by molar-refractivity contribution is 0.244. The van der Waals surface area contributed by atoms with E-state index in [0.717, 1.165) is 43.6 Å². The Bertz CT molecular complexity index is 450. The Kier molecular flexibility index (Phi) is 3.68. The highest BCUT2D eigenvalue weighted by molar-refractivity contribution is 5.89. The van der Waals surface area contributed by atoms with Crippen LogP contribution in [0.1, 0.15) is 43.4 Å². The molecule has 0 unspecified atom stereocenters. The van der Waals surface area contributed by atoms with Crippen molar-refractivity contribution in [2.24, 2.45) is 0 Å². The monoisotopic (exact) mass is 263 g/mol. The van der Waals surface area contributed by atoms with Crippen LogP contribution in [0.3, 0.4) is 0 Å². The summed E-state index contributed by atoms with van der Waals surface area (Å²) in [6.45, 7) is 1.73. The largest absolute Gasteiger partial charge is 0.335 e. The Balaban J connectivity index is 1.58. The molecule has 6 heteroatoms. The lowest BCUT2D eigenvalue weighted by Crippen LogP contribution is -2.39. The Morgan fingerprint density at radius 1 is 1.26 bits per heavy atom. The zero-order valence-electron chi connectivity index (χ0n) is 11.1. The molecule has 2 aliphatic rings. The molecule has 2 heterocycles. The van der Waals surface area contributed by atoms with Crippen molar-refractivity contribution in [3.05, 3.63) is 11.3 Å². The molecule has 1 aromatic rings. The van der Waals surface area contributed by atoms with Crippen LogP contribution in [-0.4, -0.2) is 28.8 Å². The van der Waals surface area contributed by atoms with Gasteiger partial charge in [0.2, 0.25) is 0 Å². The van der Waals surface area contributed by atoms with E-state index in [4.69, 9.17) is 0 Å². The molecular weight excluding hydrogens is 242 g/mol. The molecule has 3 rings (SSSR count). The van der Waals surface area contributed by atoms with Gasteiger partial charge < -0.3 is 10.6 Å². The average Bonchev–Trinajstić information content (AvgIpc) is 2.83. The molecule has 2 amide bonds. The van der Waals surface area contributed by atoms with Crippen LogP contribution in [0.15, 0.2) is 0 Å². The van der Waals surface area contributed by atoms with Gasteiger partial charge in [-0.05, 0) is 12.8 Å². The van der Waals surface area contributed by atoms with Crippen molar-refractivity contribution in [3.8, 4) is 0 Å². The number of hydrogen-bond acceptors (Lipinski definition) is 3. The SMILES string of the molecule is O=C(Nc1n[nH]c2c1CNCC2)NC1CCCCC1. The lowest BCUT2D eigenvalue weighted by atomic mass is 9.96. The Hall–Kier alpha value is -1.56. The van der Waals surface area contributed by atoms with E-state index in [0.29, 0.717) is 11.9 Å². The van der Waals surface area contributed by atoms with Gasteiger partial charge in [-0.25, -0.2) is 4.79 Å². The zero-order chi connectivity index (χ0) is 13.1. The van der Waals surface area contributed by atoms with Crippen molar-refractivity contribution in [2.45, 2.75) is 51.1 Å². The van der Waals surface area contributed by atoms with E-state index >= 15 is 0 Å². The van der Waals surface area contributed by atoms with Crippen LogP contribution in [-0.2, 0) is 13.0 Å². The predicted octanol–water partition coefficient (Wildman–Crippen LogP) is 1.51. The van der Waals surface area contributed by atoms with Crippen LogP contribution in [0.25, 0.3) is 0 Å². The smallest absolute Gasteiger partial charge is 0.320 e. The van der Waals surface area contributed by atoms with Crippen LogP contribution in [0, 0.1) is 0 Å². The van der Waals surface area contributed by atoms with E-state index in [9.17, 15) is 4.79 Å². The Morgan fingerprint density at radius 3 is 2.95 bits per heavy atom. The minimum Gasteiger partial charge on any atom is -0.335 e. The summed E-state index contributed by atoms with van der Waals surface area (Å²) in [5.41, 5.74) is 2.22. The lowest BCUT2D eigenvalue weighted by Gasteiger charge is -2.22. The van der Waals surface area contributed by atoms with Gasteiger partial charge in [-0.1, -0.05) is 19.3 Å². The number of rotatable bonds is 2. The van der Waals surface area contributed by atoms with Gasteiger partial charge >= 0.3 is 6.03 Å². The molecular formula is C13H21N5O. The average molecular weight is 263 g/mol. The van der Waals surface area contributed by atoms with Gasteiger partial charge in [0.05, 0.1) is 0 Å². The molecule has 0 atom stereocenters. The number of hydrogen-bond donors (Lipinski definition) is 4. The van der Waals surface area contributed by atoms with Gasteiger partial charge in [0, 0.05) is 36.8 Å². The summed E-state index contributed by atoms with van der Waals surface area (Å²) in [6, 6.07) is 0.188. The fourth-order valence-corrected chi connectivity index (χ4v) is 2.90. The second kappa shape index (κ2) is 5.61. The summed E-state index contributed by atoms with van der Waals surface area (Å²) in [4.78, 5) is 12.0. The van der Waals surface area contributed by atoms with Crippen LogP contribution in [0.2, 0.25) is 0 Å². The zero-order valence-corrected chi connectivity index (χ0v) is 11.1. The van der Waals surface area contributed by atoms with Gasteiger partial charge in [0.15, 0.2) is 5.82 Å². The summed E-state index contributed by atoms with van der Waals surface area (Å²) in [6.07, 6.45) is 6.84. The van der Waals surface area contributed by atoms with Crippen LogP contribution in [0.4, 0.5) is 10.6 Å². The highest BCUT2D eigenvalue weighted by Crippen LogP contribution is 2.20. The first-order valence-electron chi connectivity index (χ1n) is 7.17. The molecule has 1 fully saturated rings. The fraction of sp³-hybridized carbons (Fsp3) is 0.692. The highest BCUT2D eigenvalue weighted by atomic mass is 16.2. The van der Waals surface area contributed by atoms with E-state index in [2.05, 4.69) is 26.1 Å². The maximum absolute atomic E-state index is 12.0. The number of fused-ring (bicyclic) bond motifs is 1. The van der Waals surface area contributed by atoms with E-state index < -0.39 is 0 Å². The highest BCUT2D eigenvalue weighted by Gasteiger charge is 2.20. The van der Waals surface area contributed by atoms with Crippen molar-refractivity contribution in [3.63, 3.8) is 0 Å². The first kappa shape index (κ1) is 12.5. The number of nitrogens with one attached hydrogen (secondary N) is 4. The minimum absolute atomic E-state index is 0.133. The van der Waals surface area contributed by atoms with Gasteiger partial charge in [0.1, 0.15) is 0 Å². The first-order chi connectivity index (χ1) is 9.33. The molecule has 1 aliphatic carbocycles. The van der Waals surface area contributed by atoms with Crippen LogP contribution < -0.4 is 16.0 Å². The molecule has 1 aliphatic heterocycles. The standard InChI is InChI=1S/C13H21N5O/c19-13(15-9-4-2-1-3-5-9)16-12-10-8-14-7-6-11(10)17-18-12/h9,14H,1-8H2,(H3,15,16,17,18,19). The van der Waals surface area contributed by atoms with Gasteiger partial charge in [0.25, 0.3) is 0 Å². The number of aromatic nitrogens is 2. The van der Waals surface area contributed by atoms with E-state index in [-0.39, 0.29) is 6.03 Å². The maximum Gasteiger partial charge on any atom is 0.320 e. The molecule has 1 saturated carbocycles. The third-order valence-corrected chi connectivity index (χ3v) is 3.98. The van der Waals surface area contributed by atoms with Crippen LogP contribution >= 0.6 is 0 Å². The number of urea groups is 1. The van der Waals surface area contributed by atoms with Gasteiger partial charge in [-0.3, -0.25) is 10.4 Å². The molecule has 0 spiro atoms. The number of amides is 2. The van der Waals surface area contributed by atoms with Crippen LogP contribution in [0.5, 0.6) is 0 Å². The summed E-state index contributed by atoms with van der Waals surface area (Å²) in [5, 5.41) is 16.4. The second-order valence-corrected chi connectivity index (χ2v) is 5.39. The molecule has 6 nitrogen and oxygen atoms in total. The summed E-state index contributed by atoms with van der Waals surface area (Å²) in [7, 11) is 0. The minimum atomic E-state index is -0.133. The summed E-state index contributed by atoms with van der Waals surface area (Å²) >= 11 is 0. The molecule has 4 N–H and O–H groups in total. The number of carbonyl (C=O) groups is 1. The summed E-state index contributed by atoms with van der Waals surface area (Å²) in [5.74, 6) is 0.663. The normalized spacial score (nSPS) is 19.8. The third-order valence-electron chi connectivity index (χ3n) is 3.98. The molecule has 19 heavy (non-hydrogen) atoms. The number of carbonyl (C=O) groups excluding carboxylic acids is 1. The number of aromatic amines is 1. The van der Waals surface area contributed by atoms with Crippen molar-refractivity contribution < 1.29 is 4.79 Å². The molecule has 104 valence electrons. The maximum atomic E-state index is 12.0. The van der Waals surface area contributed by atoms with Crippen molar-refractivity contribution in [2.75, 3.05) is 11.9 Å². The molecule has 0 aromatic carbocycles. The summed E-state index contributed by atoms with van der Waals surface area (Å²) < 4.78 is 0. The molecule has 0 radical (unpaired) electrons. The van der Waals surface area contributed by atoms with Gasteiger partial charge in [-0.15, -0.1) is 0 Å². The Morgan fingerprint density at radius 2 is 2.11 bits per heavy atom. The third kappa shape index (κ3) is 2.89. The topological polar surface area (TPSA) is 81.8 Å². The number of nitrogens with zero attached hydrogens (tertiary/aromatic N) is 1. The van der Waals surface area contributed by atoms with E-state index in [1.54, 1.807) is 0 Å². The van der Waals surface area contributed by atoms with E-state index in [1.165, 1.54) is 19.3 Å². The second-order valence-electron chi connectivity index (χ2n) is 5.39. The van der Waals surface area contributed by atoms with Crippen molar-refractivity contribution >= 4 is 11.8 Å². The number of H-pyrrole nitrogens is 1. The first-order valence-corrected chi connectivity index (χ1v) is 7.17. The quantitative estimate of drug-likeness (QED) is 0.653. The van der Waals surface area contributed by atoms with Crippen molar-refractivity contribution in [1.29, 1.82) is 0 Å². The van der Waals surface area contributed by atoms with Gasteiger partial charge in [-0.2, -0.15) is 5.10 Å². The fourth-order valence-electron chi connectivity index (χ4n) is 2.90. The Labute approximate surface area is 112 Å². The molecule has 0 bridgehead atoms.